The molecule has 0 saturated carbocycles. The Morgan fingerprint density at radius 2 is 1.23 bits per heavy atom. The van der Waals surface area contributed by atoms with E-state index >= 15 is 0 Å². The molecule has 0 aliphatic heterocycles. The minimum absolute atomic E-state index is 0.0997. The van der Waals surface area contributed by atoms with E-state index in [0.717, 1.165) is 51.4 Å². The molecule has 0 aromatic rings. The maximum Gasteiger partial charge on any atom is 0.326 e. The van der Waals surface area contributed by atoms with Crippen LogP contribution in [0.2, 0.25) is 0 Å². The molecule has 2 unspecified atom stereocenters. The Hall–Kier alpha value is -2.15. The second-order valence-electron chi connectivity index (χ2n) is 12.3. The highest BCUT2D eigenvalue weighted by Crippen LogP contribution is 2.15. The van der Waals surface area contributed by atoms with Crippen molar-refractivity contribution >= 4 is 17.8 Å². The topological polar surface area (TPSA) is 119 Å². The number of hydrogen-bond donors (Lipinski definition) is 3. The molecule has 0 spiro atoms. The fourth-order valence-corrected chi connectivity index (χ4v) is 5.18. The maximum atomic E-state index is 12.6. The lowest BCUT2D eigenvalue weighted by Crippen LogP contribution is -2.40. The van der Waals surface area contributed by atoms with Gasteiger partial charge in [0.15, 0.2) is 0 Å². The minimum atomic E-state index is -1.02. The zero-order chi connectivity index (χ0) is 32.5. The number of nitrogens with two attached hydrogens (primary N) is 1. The van der Waals surface area contributed by atoms with Gasteiger partial charge in [-0.05, 0) is 83.2 Å². The van der Waals surface area contributed by atoms with Crippen molar-refractivity contribution in [1.29, 1.82) is 0 Å². The summed E-state index contributed by atoms with van der Waals surface area (Å²) in [5.74, 6) is -1.34. The van der Waals surface area contributed by atoms with Crippen molar-refractivity contribution in [3.05, 3.63) is 24.3 Å². The summed E-state index contributed by atoms with van der Waals surface area (Å²) in [6, 6.07) is -0.868. The molecule has 0 heterocycles. The van der Waals surface area contributed by atoms with Gasteiger partial charge in [-0.3, -0.25) is 9.59 Å². The summed E-state index contributed by atoms with van der Waals surface area (Å²) in [6.45, 7) is 4.85. The van der Waals surface area contributed by atoms with Crippen LogP contribution in [0.15, 0.2) is 24.3 Å². The van der Waals surface area contributed by atoms with Gasteiger partial charge in [0.05, 0.1) is 0 Å². The maximum absolute atomic E-state index is 12.6. The highest BCUT2D eigenvalue weighted by molar-refractivity contribution is 5.83. The molecule has 7 nitrogen and oxygen atoms in total. The van der Waals surface area contributed by atoms with E-state index < -0.39 is 12.0 Å². The predicted molar refractivity (Wildman–Crippen MR) is 184 cm³/mol. The normalized spacial score (nSPS) is 13.0. The smallest absolute Gasteiger partial charge is 0.326 e. The first-order chi connectivity index (χ1) is 21.4. The third-order valence-corrected chi connectivity index (χ3v) is 7.95. The molecule has 0 aromatic heterocycles. The van der Waals surface area contributed by atoms with Gasteiger partial charge in [-0.15, -0.1) is 0 Å². The van der Waals surface area contributed by atoms with Crippen LogP contribution in [0, 0.1) is 0 Å². The molecule has 0 aliphatic rings. The summed E-state index contributed by atoms with van der Waals surface area (Å²) in [5.41, 5.74) is 5.46. The number of carbonyl (C=O) groups excluding carboxylic acids is 2. The average molecular weight is 621 g/mol. The van der Waals surface area contributed by atoms with Gasteiger partial charge in [0.2, 0.25) is 5.91 Å². The van der Waals surface area contributed by atoms with Gasteiger partial charge < -0.3 is 20.9 Å². The van der Waals surface area contributed by atoms with Crippen LogP contribution in [0.4, 0.5) is 0 Å². The molecule has 1 amide bonds. The van der Waals surface area contributed by atoms with Crippen molar-refractivity contribution in [3.63, 3.8) is 0 Å². The number of ether oxygens (including phenoxy) is 1. The van der Waals surface area contributed by atoms with E-state index in [1.54, 1.807) is 0 Å². The zero-order valence-corrected chi connectivity index (χ0v) is 28.5. The second kappa shape index (κ2) is 32.2. The predicted octanol–water partition coefficient (Wildman–Crippen LogP) is 9.33. The van der Waals surface area contributed by atoms with Gasteiger partial charge in [0.1, 0.15) is 12.1 Å². The van der Waals surface area contributed by atoms with Gasteiger partial charge in [0.25, 0.3) is 0 Å². The molecule has 0 rings (SSSR count). The van der Waals surface area contributed by atoms with Gasteiger partial charge in [0, 0.05) is 12.8 Å². The number of unbranched alkanes of at least 4 members (excludes halogenated alkanes) is 16. The number of carboxylic acids is 1. The number of nitrogens with one attached hydrogen (secondary N) is 1. The Morgan fingerprint density at radius 3 is 1.86 bits per heavy atom. The van der Waals surface area contributed by atoms with Crippen molar-refractivity contribution in [2.45, 2.75) is 187 Å². The summed E-state index contributed by atoms with van der Waals surface area (Å²) in [7, 11) is 0. The molecule has 0 aliphatic carbocycles. The Morgan fingerprint density at radius 1 is 0.659 bits per heavy atom. The monoisotopic (exact) mass is 621 g/mol. The van der Waals surface area contributed by atoms with Crippen LogP contribution >= 0.6 is 0 Å². The molecule has 2 atom stereocenters. The fraction of sp³-hybridized carbons (Fsp3) is 0.811. The lowest BCUT2D eigenvalue weighted by molar-refractivity contribution is -0.147. The number of rotatable bonds is 32. The fourth-order valence-electron chi connectivity index (χ4n) is 5.18. The Bertz CT molecular complexity index is 752. The van der Waals surface area contributed by atoms with E-state index in [9.17, 15) is 19.5 Å². The van der Waals surface area contributed by atoms with E-state index in [2.05, 4.69) is 43.5 Å². The molecule has 256 valence electrons. The molecule has 0 saturated heterocycles. The van der Waals surface area contributed by atoms with Crippen LogP contribution in [-0.2, 0) is 19.1 Å². The third-order valence-electron chi connectivity index (χ3n) is 7.95. The van der Waals surface area contributed by atoms with Gasteiger partial charge >= 0.3 is 11.9 Å². The molecule has 0 bridgehead atoms. The van der Waals surface area contributed by atoms with E-state index in [0.29, 0.717) is 38.6 Å². The lowest BCUT2D eigenvalue weighted by atomic mass is 10.1. The highest BCUT2D eigenvalue weighted by atomic mass is 16.5. The van der Waals surface area contributed by atoms with Crippen molar-refractivity contribution in [3.8, 4) is 0 Å². The van der Waals surface area contributed by atoms with Crippen molar-refractivity contribution in [1.82, 2.24) is 5.32 Å². The quantitative estimate of drug-likeness (QED) is 0.0392. The summed E-state index contributed by atoms with van der Waals surface area (Å²) < 4.78 is 5.88. The van der Waals surface area contributed by atoms with E-state index in [4.69, 9.17) is 10.5 Å². The number of aliphatic carboxylic acids is 1. The average Bonchev–Trinajstić information content (AvgIpc) is 3.00. The van der Waals surface area contributed by atoms with Crippen LogP contribution in [0.3, 0.4) is 0 Å². The standard InChI is InChI=1S/C37H68N2O5/c1-3-5-7-9-11-13-15-17-19-25-31-36(41)44-33(27-22-18-16-14-12-10-8-6-4-2)28-23-20-21-24-30-35(40)39-34(37(42)43)29-26-32-38/h7,9,22,27,33-34H,3-6,8,10-21,23-26,28-32,38H2,1-2H3,(H,39,40)(H,42,43)/b9-7-,27-22-. The van der Waals surface area contributed by atoms with Gasteiger partial charge in [-0.1, -0.05) is 109 Å². The zero-order valence-electron chi connectivity index (χ0n) is 28.5. The highest BCUT2D eigenvalue weighted by Gasteiger charge is 2.19. The SMILES string of the molecule is CCC/C=C\CCCCCCCC(=O)OC(/C=C\CCCCCCCCC)CCCCCCC(=O)NC(CCCN)C(=O)O. The number of carbonyl (C=O) groups is 3. The largest absolute Gasteiger partial charge is 0.480 e. The first-order valence-corrected chi connectivity index (χ1v) is 18.2. The van der Waals surface area contributed by atoms with Crippen molar-refractivity contribution < 1.29 is 24.2 Å². The molecule has 0 radical (unpaired) electrons. The summed E-state index contributed by atoms with van der Waals surface area (Å²) in [4.78, 5) is 36.1. The molecule has 0 fully saturated rings. The first-order valence-electron chi connectivity index (χ1n) is 18.2. The first kappa shape index (κ1) is 41.9. The van der Waals surface area contributed by atoms with E-state index in [1.807, 2.05) is 0 Å². The Balaban J connectivity index is 4.41. The third kappa shape index (κ3) is 28.6. The summed E-state index contributed by atoms with van der Waals surface area (Å²) >= 11 is 0. The number of carboxylic acid groups (broad SMARTS) is 1. The Labute approximate surface area is 270 Å². The van der Waals surface area contributed by atoms with Crippen LogP contribution in [0.1, 0.15) is 174 Å². The van der Waals surface area contributed by atoms with Crippen LogP contribution in [0.25, 0.3) is 0 Å². The molecular weight excluding hydrogens is 552 g/mol. The summed E-state index contributed by atoms with van der Waals surface area (Å²) in [6.07, 6.45) is 33.7. The molecular formula is C37H68N2O5. The second-order valence-corrected chi connectivity index (χ2v) is 12.3. The molecule has 4 N–H and O–H groups in total. The van der Waals surface area contributed by atoms with Crippen LogP contribution in [-0.4, -0.2) is 41.6 Å². The molecule has 7 heteroatoms. The van der Waals surface area contributed by atoms with E-state index in [1.165, 1.54) is 77.0 Å². The van der Waals surface area contributed by atoms with Crippen molar-refractivity contribution in [2.24, 2.45) is 5.73 Å². The lowest BCUT2D eigenvalue weighted by Gasteiger charge is -2.15. The van der Waals surface area contributed by atoms with E-state index in [-0.39, 0.29) is 18.0 Å². The number of esters is 1. The van der Waals surface area contributed by atoms with Gasteiger partial charge in [-0.2, -0.15) is 0 Å². The van der Waals surface area contributed by atoms with Crippen LogP contribution in [0.5, 0.6) is 0 Å². The molecule has 0 aromatic carbocycles. The van der Waals surface area contributed by atoms with Gasteiger partial charge in [-0.25, -0.2) is 4.79 Å². The Kier molecular flexibility index (Phi) is 30.7. The number of allylic oxidation sites excluding steroid dienone is 3. The van der Waals surface area contributed by atoms with Crippen LogP contribution < -0.4 is 11.1 Å². The number of amides is 1. The van der Waals surface area contributed by atoms with Crippen molar-refractivity contribution in [2.75, 3.05) is 6.54 Å². The number of hydrogen-bond acceptors (Lipinski definition) is 5. The molecule has 44 heavy (non-hydrogen) atoms. The summed E-state index contributed by atoms with van der Waals surface area (Å²) in [5, 5.41) is 11.9. The minimum Gasteiger partial charge on any atom is -0.480 e.